The SMILES string of the molecule is C=C(C)C(=O)OCC(CCCCCC)(COC(=O)C(=C)C)C(=O)OCCCS(=O)(=O)ON. The van der Waals surface area contributed by atoms with Crippen LogP contribution in [0.15, 0.2) is 24.3 Å². The molecular formula is C21H35NO9S. The zero-order valence-corrected chi connectivity index (χ0v) is 20.0. The fraction of sp³-hybridized carbons (Fsp3) is 0.667. The maximum atomic E-state index is 13.0. The zero-order chi connectivity index (χ0) is 24.8. The van der Waals surface area contributed by atoms with E-state index in [1.54, 1.807) is 0 Å². The lowest BCUT2D eigenvalue weighted by atomic mass is 9.83. The van der Waals surface area contributed by atoms with Crippen LogP contribution in [0, 0.1) is 5.41 Å². The third kappa shape index (κ3) is 11.4. The summed E-state index contributed by atoms with van der Waals surface area (Å²) in [6.45, 7) is 10.9. The molecule has 11 heteroatoms. The number of nitrogens with two attached hydrogens (primary N) is 1. The Balaban J connectivity index is 5.54. The molecule has 0 aromatic heterocycles. The van der Waals surface area contributed by atoms with Crippen LogP contribution < -0.4 is 5.90 Å². The Morgan fingerprint density at radius 1 is 0.875 bits per heavy atom. The van der Waals surface area contributed by atoms with Gasteiger partial charge in [-0.05, 0) is 26.7 Å². The summed E-state index contributed by atoms with van der Waals surface area (Å²) >= 11 is 0. The van der Waals surface area contributed by atoms with Crippen LogP contribution in [-0.4, -0.2) is 51.9 Å². The zero-order valence-electron chi connectivity index (χ0n) is 19.1. The van der Waals surface area contributed by atoms with Crippen LogP contribution >= 0.6 is 0 Å². The van der Waals surface area contributed by atoms with E-state index in [0.717, 1.165) is 19.3 Å². The Morgan fingerprint density at radius 2 is 1.41 bits per heavy atom. The van der Waals surface area contributed by atoms with Crippen molar-refractivity contribution in [2.45, 2.75) is 59.3 Å². The minimum atomic E-state index is -3.91. The number of ether oxygens (including phenoxy) is 3. The van der Waals surface area contributed by atoms with E-state index in [9.17, 15) is 22.8 Å². The molecule has 2 N–H and O–H groups in total. The highest BCUT2D eigenvalue weighted by molar-refractivity contribution is 7.86. The van der Waals surface area contributed by atoms with E-state index >= 15 is 0 Å². The van der Waals surface area contributed by atoms with Crippen molar-refractivity contribution in [3.8, 4) is 0 Å². The highest BCUT2D eigenvalue weighted by Gasteiger charge is 2.43. The van der Waals surface area contributed by atoms with Gasteiger partial charge in [-0.1, -0.05) is 45.8 Å². The van der Waals surface area contributed by atoms with Gasteiger partial charge in [0, 0.05) is 11.1 Å². The summed E-state index contributed by atoms with van der Waals surface area (Å²) < 4.78 is 42.2. The van der Waals surface area contributed by atoms with Crippen LogP contribution in [0.3, 0.4) is 0 Å². The van der Waals surface area contributed by atoms with Crippen LogP contribution in [0.4, 0.5) is 0 Å². The van der Waals surface area contributed by atoms with E-state index in [4.69, 9.17) is 14.2 Å². The summed E-state index contributed by atoms with van der Waals surface area (Å²) in [5.74, 6) is 2.05. The number of hydrogen-bond acceptors (Lipinski definition) is 10. The first-order valence-electron chi connectivity index (χ1n) is 10.3. The normalized spacial score (nSPS) is 11.5. The molecule has 0 radical (unpaired) electrons. The van der Waals surface area contributed by atoms with E-state index in [-0.39, 0.29) is 30.6 Å². The minimum Gasteiger partial charge on any atom is -0.465 e. The second kappa shape index (κ2) is 14.8. The first-order valence-corrected chi connectivity index (χ1v) is 11.9. The van der Waals surface area contributed by atoms with E-state index < -0.39 is 52.4 Å². The topological polar surface area (TPSA) is 148 Å². The van der Waals surface area contributed by atoms with Gasteiger partial charge in [0.2, 0.25) is 0 Å². The fourth-order valence-corrected chi connectivity index (χ4v) is 3.12. The predicted molar refractivity (Wildman–Crippen MR) is 117 cm³/mol. The van der Waals surface area contributed by atoms with Gasteiger partial charge in [-0.25, -0.2) is 9.59 Å². The average molecular weight is 478 g/mol. The molecular weight excluding hydrogens is 442 g/mol. The lowest BCUT2D eigenvalue weighted by molar-refractivity contribution is -0.171. The molecule has 0 atom stereocenters. The van der Waals surface area contributed by atoms with Crippen molar-refractivity contribution >= 4 is 28.0 Å². The van der Waals surface area contributed by atoms with Crippen LogP contribution in [0.2, 0.25) is 0 Å². The molecule has 0 saturated carbocycles. The number of hydrogen-bond donors (Lipinski definition) is 1. The molecule has 0 amide bonds. The molecule has 0 aliphatic rings. The molecule has 0 aromatic carbocycles. The number of rotatable bonds is 17. The lowest BCUT2D eigenvalue weighted by Crippen LogP contribution is -2.43. The van der Waals surface area contributed by atoms with E-state index in [1.165, 1.54) is 13.8 Å². The quantitative estimate of drug-likeness (QED) is 0.109. The number of carbonyl (C=O) groups is 3. The maximum Gasteiger partial charge on any atom is 0.333 e. The van der Waals surface area contributed by atoms with Crippen molar-refractivity contribution in [1.82, 2.24) is 0 Å². The molecule has 0 spiro atoms. The molecule has 0 heterocycles. The monoisotopic (exact) mass is 477 g/mol. The van der Waals surface area contributed by atoms with Gasteiger partial charge >= 0.3 is 17.9 Å². The third-order valence-electron chi connectivity index (χ3n) is 4.52. The maximum absolute atomic E-state index is 13.0. The molecule has 10 nitrogen and oxygen atoms in total. The van der Waals surface area contributed by atoms with Crippen LogP contribution in [0.5, 0.6) is 0 Å². The van der Waals surface area contributed by atoms with E-state index in [1.807, 2.05) is 6.92 Å². The average Bonchev–Trinajstić information content (AvgIpc) is 2.74. The van der Waals surface area contributed by atoms with Gasteiger partial charge in [-0.3, -0.25) is 4.79 Å². The summed E-state index contributed by atoms with van der Waals surface area (Å²) in [6.07, 6.45) is 3.45. The predicted octanol–water partition coefficient (Wildman–Crippen LogP) is 2.34. The summed E-state index contributed by atoms with van der Waals surface area (Å²) in [4.78, 5) is 36.9. The molecule has 0 fully saturated rings. The molecule has 0 aromatic rings. The largest absolute Gasteiger partial charge is 0.465 e. The van der Waals surface area contributed by atoms with Gasteiger partial charge in [0.25, 0.3) is 10.1 Å². The first-order chi connectivity index (χ1) is 14.9. The van der Waals surface area contributed by atoms with Gasteiger partial charge in [-0.15, -0.1) is 0 Å². The summed E-state index contributed by atoms with van der Waals surface area (Å²) in [6, 6.07) is 0. The lowest BCUT2D eigenvalue weighted by Gasteiger charge is -2.30. The van der Waals surface area contributed by atoms with Gasteiger partial charge in [0.05, 0.1) is 12.4 Å². The highest BCUT2D eigenvalue weighted by atomic mass is 32.2. The Morgan fingerprint density at radius 3 is 1.84 bits per heavy atom. The molecule has 0 aliphatic heterocycles. The van der Waals surface area contributed by atoms with E-state index in [0.29, 0.717) is 6.42 Å². The third-order valence-corrected chi connectivity index (χ3v) is 5.60. The number of esters is 3. The fourth-order valence-electron chi connectivity index (χ4n) is 2.55. The van der Waals surface area contributed by atoms with Crippen molar-refractivity contribution < 1.29 is 41.3 Å². The number of unbranched alkanes of at least 4 members (excludes halogenated alkanes) is 3. The van der Waals surface area contributed by atoms with Crippen LogP contribution in [-0.2, 0) is 43.0 Å². The Hall–Kier alpha value is -2.24. The molecule has 0 bridgehead atoms. The van der Waals surface area contributed by atoms with Gasteiger partial charge in [-0.2, -0.15) is 18.6 Å². The molecule has 0 rings (SSSR count). The second-order valence-corrected chi connectivity index (χ2v) is 9.37. The van der Waals surface area contributed by atoms with Crippen LogP contribution in [0.25, 0.3) is 0 Å². The van der Waals surface area contributed by atoms with Crippen molar-refractivity contribution in [1.29, 1.82) is 0 Å². The molecule has 0 aliphatic carbocycles. The van der Waals surface area contributed by atoms with Crippen molar-refractivity contribution in [3.05, 3.63) is 24.3 Å². The van der Waals surface area contributed by atoms with Crippen LogP contribution in [0.1, 0.15) is 59.3 Å². The molecule has 184 valence electrons. The van der Waals surface area contributed by atoms with Crippen molar-refractivity contribution in [3.63, 3.8) is 0 Å². The van der Waals surface area contributed by atoms with Gasteiger partial charge < -0.3 is 14.2 Å². The highest BCUT2D eigenvalue weighted by Crippen LogP contribution is 2.30. The molecule has 0 saturated heterocycles. The molecule has 32 heavy (non-hydrogen) atoms. The minimum absolute atomic E-state index is 0.0612. The molecule has 0 unspecified atom stereocenters. The second-order valence-electron chi connectivity index (χ2n) is 7.65. The standard InChI is InChI=1S/C21H35NO9S/c1-6-7-8-9-11-21(14-29-18(23)16(2)3,15-30-19(24)17(4)5)20(25)28-12-10-13-32(26,27)31-22/h2,4,6-15,22H2,1,3,5H3. The smallest absolute Gasteiger partial charge is 0.333 e. The summed E-state index contributed by atoms with van der Waals surface area (Å²) in [5, 5.41) is 0. The van der Waals surface area contributed by atoms with Crippen molar-refractivity contribution in [2.75, 3.05) is 25.6 Å². The summed E-state index contributed by atoms with van der Waals surface area (Å²) in [7, 11) is -3.91. The Labute approximate surface area is 190 Å². The summed E-state index contributed by atoms with van der Waals surface area (Å²) in [5.41, 5.74) is -1.18. The number of carbonyl (C=O) groups excluding carboxylic acids is 3. The Kier molecular flexibility index (Phi) is 13.7. The van der Waals surface area contributed by atoms with Crippen molar-refractivity contribution in [2.24, 2.45) is 11.3 Å². The Bertz CT molecular complexity index is 744. The van der Waals surface area contributed by atoms with Gasteiger partial charge in [0.1, 0.15) is 18.6 Å². The van der Waals surface area contributed by atoms with E-state index in [2.05, 4.69) is 23.3 Å². The first kappa shape index (κ1) is 29.8. The van der Waals surface area contributed by atoms with Gasteiger partial charge in [0.15, 0.2) is 0 Å².